The van der Waals surface area contributed by atoms with E-state index in [0.29, 0.717) is 0 Å². The number of ether oxygens (including phenoxy) is 1. The van der Waals surface area contributed by atoms with Gasteiger partial charge in [-0.1, -0.05) is 18.2 Å². The highest BCUT2D eigenvalue weighted by molar-refractivity contribution is 8.03. The first-order valence-electron chi connectivity index (χ1n) is 5.77. The van der Waals surface area contributed by atoms with Crippen LogP contribution < -0.4 is 0 Å². The molecule has 2 rings (SSSR count). The lowest BCUT2D eigenvalue weighted by molar-refractivity contribution is -0.384. The average Bonchev–Trinajstić information content (AvgIpc) is 2.87. The van der Waals surface area contributed by atoms with E-state index in [1.54, 1.807) is 23.9 Å². The molecule has 100 valence electrons. The monoisotopic (exact) mass is 279 g/mol. The zero-order valence-corrected chi connectivity index (χ0v) is 11.2. The Morgan fingerprint density at radius 3 is 3.05 bits per heavy atom. The third kappa shape index (κ3) is 3.35. The van der Waals surface area contributed by atoms with Crippen molar-refractivity contribution in [2.45, 2.75) is 18.1 Å². The number of nitro benzene ring substituents is 1. The minimum Gasteiger partial charge on any atom is -0.469 e. The molecule has 1 aliphatic rings. The van der Waals surface area contributed by atoms with Gasteiger partial charge in [-0.05, 0) is 16.9 Å². The van der Waals surface area contributed by atoms with Crippen molar-refractivity contribution in [3.05, 3.63) is 50.9 Å². The van der Waals surface area contributed by atoms with E-state index in [1.807, 2.05) is 12.1 Å². The largest absolute Gasteiger partial charge is 0.469 e. The minimum absolute atomic E-state index is 0.0968. The summed E-state index contributed by atoms with van der Waals surface area (Å²) in [6.45, 7) is 0. The van der Waals surface area contributed by atoms with Gasteiger partial charge in [0.05, 0.1) is 18.5 Å². The Bertz CT molecular complexity index is 541. The number of esters is 1. The Kier molecular flexibility index (Phi) is 4.21. The van der Waals surface area contributed by atoms with Crippen molar-refractivity contribution in [2.24, 2.45) is 0 Å². The molecule has 0 N–H and O–H groups in total. The quantitative estimate of drug-likeness (QED) is 0.481. The molecule has 0 radical (unpaired) electrons. The predicted octanol–water partition coefficient (Wildman–Crippen LogP) is 3.22. The summed E-state index contributed by atoms with van der Waals surface area (Å²) in [5.74, 6) is -0.265. The molecule has 0 amide bonds. The van der Waals surface area contributed by atoms with Gasteiger partial charge in [-0.25, -0.2) is 0 Å². The molecular formula is C13H13NO4S. The van der Waals surface area contributed by atoms with Gasteiger partial charge in [-0.2, -0.15) is 0 Å². The second-order valence-corrected chi connectivity index (χ2v) is 5.45. The number of hydrogen-bond donors (Lipinski definition) is 0. The molecule has 1 aromatic carbocycles. The van der Waals surface area contributed by atoms with Crippen LogP contribution in [0.2, 0.25) is 0 Å². The van der Waals surface area contributed by atoms with E-state index in [1.165, 1.54) is 13.2 Å². The highest BCUT2D eigenvalue weighted by Gasteiger charge is 2.22. The van der Waals surface area contributed by atoms with Gasteiger partial charge in [0.15, 0.2) is 0 Å². The van der Waals surface area contributed by atoms with Gasteiger partial charge >= 0.3 is 5.97 Å². The van der Waals surface area contributed by atoms with Gasteiger partial charge < -0.3 is 4.74 Å². The van der Waals surface area contributed by atoms with E-state index in [2.05, 4.69) is 4.74 Å². The summed E-state index contributed by atoms with van der Waals surface area (Å²) in [5, 5.41) is 10.9. The Hall–Kier alpha value is -1.82. The van der Waals surface area contributed by atoms with Crippen LogP contribution in [-0.2, 0) is 9.53 Å². The molecule has 19 heavy (non-hydrogen) atoms. The topological polar surface area (TPSA) is 69.4 Å². The number of non-ortho nitro benzene ring substituents is 1. The van der Waals surface area contributed by atoms with E-state index >= 15 is 0 Å². The number of nitrogens with zero attached hydrogens (tertiary/aromatic N) is 1. The summed E-state index contributed by atoms with van der Waals surface area (Å²) in [7, 11) is 1.36. The number of carbonyl (C=O) groups is 1. The van der Waals surface area contributed by atoms with E-state index in [-0.39, 0.29) is 23.3 Å². The van der Waals surface area contributed by atoms with Crippen molar-refractivity contribution in [2.75, 3.05) is 7.11 Å². The lowest BCUT2D eigenvalue weighted by atomic mass is 10.1. The van der Waals surface area contributed by atoms with Crippen molar-refractivity contribution in [1.82, 2.24) is 0 Å². The van der Waals surface area contributed by atoms with Crippen LogP contribution >= 0.6 is 11.8 Å². The molecule has 6 heteroatoms. The van der Waals surface area contributed by atoms with Crippen LogP contribution in [0.5, 0.6) is 0 Å². The Labute approximate surface area is 114 Å². The molecule has 1 aromatic rings. The fourth-order valence-corrected chi connectivity index (χ4v) is 3.12. The summed E-state index contributed by atoms with van der Waals surface area (Å²) >= 11 is 1.57. The van der Waals surface area contributed by atoms with Crippen LogP contribution in [0.15, 0.2) is 35.2 Å². The Morgan fingerprint density at radius 2 is 2.37 bits per heavy atom. The van der Waals surface area contributed by atoms with Gasteiger partial charge in [-0.3, -0.25) is 14.9 Å². The van der Waals surface area contributed by atoms with Crippen LogP contribution in [0.1, 0.15) is 23.7 Å². The molecule has 1 atom stereocenters. The Balaban J connectivity index is 2.04. The number of hydrogen-bond acceptors (Lipinski definition) is 5. The molecular weight excluding hydrogens is 266 g/mol. The summed E-state index contributed by atoms with van der Waals surface area (Å²) in [6.07, 6.45) is 3.04. The first kappa shape index (κ1) is 13.6. The van der Waals surface area contributed by atoms with Crippen molar-refractivity contribution in [3.8, 4) is 0 Å². The standard InChI is InChI=1S/C13H13NO4S/c1-18-13(15)8-11-5-6-12(19-11)9-3-2-4-10(7-9)14(16)17/h2-5,7,12H,6,8H2,1H3. The number of methoxy groups -OCH3 is 1. The molecule has 0 saturated heterocycles. The molecule has 0 aromatic heterocycles. The third-order valence-corrected chi connectivity index (χ3v) is 4.22. The van der Waals surface area contributed by atoms with Crippen LogP contribution in [0, 0.1) is 10.1 Å². The smallest absolute Gasteiger partial charge is 0.310 e. The van der Waals surface area contributed by atoms with Crippen LogP contribution in [-0.4, -0.2) is 18.0 Å². The van der Waals surface area contributed by atoms with Crippen molar-refractivity contribution in [1.29, 1.82) is 0 Å². The Morgan fingerprint density at radius 1 is 1.58 bits per heavy atom. The number of carbonyl (C=O) groups excluding carboxylic acids is 1. The van der Waals surface area contributed by atoms with Gasteiger partial charge in [0.1, 0.15) is 0 Å². The van der Waals surface area contributed by atoms with E-state index in [4.69, 9.17) is 0 Å². The molecule has 5 nitrogen and oxygen atoms in total. The highest BCUT2D eigenvalue weighted by atomic mass is 32.2. The first-order valence-corrected chi connectivity index (χ1v) is 6.65. The normalized spacial score (nSPS) is 17.9. The second-order valence-electron chi connectivity index (χ2n) is 4.12. The van der Waals surface area contributed by atoms with Crippen LogP contribution in [0.3, 0.4) is 0 Å². The van der Waals surface area contributed by atoms with Gasteiger partial charge in [0, 0.05) is 17.4 Å². The lowest BCUT2D eigenvalue weighted by Gasteiger charge is -2.09. The fraction of sp³-hybridized carbons (Fsp3) is 0.308. The number of benzene rings is 1. The highest BCUT2D eigenvalue weighted by Crippen LogP contribution is 2.45. The average molecular weight is 279 g/mol. The summed E-state index contributed by atoms with van der Waals surface area (Å²) in [6, 6.07) is 6.63. The lowest BCUT2D eigenvalue weighted by Crippen LogP contribution is -1.99. The summed E-state index contributed by atoms with van der Waals surface area (Å²) < 4.78 is 4.62. The molecule has 0 saturated carbocycles. The molecule has 0 spiro atoms. The third-order valence-electron chi connectivity index (χ3n) is 2.85. The van der Waals surface area contributed by atoms with E-state index in [0.717, 1.165) is 16.9 Å². The maximum Gasteiger partial charge on any atom is 0.310 e. The number of allylic oxidation sites excluding steroid dienone is 1. The SMILES string of the molecule is COC(=O)CC1=CCC(c2cccc([N+](=O)[O-])c2)S1. The molecule has 1 unspecified atom stereocenters. The summed E-state index contributed by atoms with van der Waals surface area (Å²) in [4.78, 5) is 22.5. The predicted molar refractivity (Wildman–Crippen MR) is 72.8 cm³/mol. The molecule has 1 aliphatic heterocycles. The van der Waals surface area contributed by atoms with Gasteiger partial charge in [-0.15, -0.1) is 11.8 Å². The number of rotatable bonds is 4. The summed E-state index contributed by atoms with van der Waals surface area (Å²) in [5.41, 5.74) is 1.01. The first-order chi connectivity index (χ1) is 9.10. The fourth-order valence-electron chi connectivity index (χ4n) is 1.89. The van der Waals surface area contributed by atoms with Crippen LogP contribution in [0.25, 0.3) is 0 Å². The second kappa shape index (κ2) is 5.88. The van der Waals surface area contributed by atoms with Crippen molar-refractivity contribution < 1.29 is 14.5 Å². The van der Waals surface area contributed by atoms with Crippen LogP contribution in [0.4, 0.5) is 5.69 Å². The maximum atomic E-state index is 11.2. The van der Waals surface area contributed by atoms with Gasteiger partial charge in [0.2, 0.25) is 0 Å². The van der Waals surface area contributed by atoms with E-state index < -0.39 is 4.92 Å². The van der Waals surface area contributed by atoms with E-state index in [9.17, 15) is 14.9 Å². The molecule has 0 fully saturated rings. The van der Waals surface area contributed by atoms with Gasteiger partial charge in [0.25, 0.3) is 5.69 Å². The molecule has 0 aliphatic carbocycles. The molecule has 1 heterocycles. The minimum atomic E-state index is -0.397. The zero-order valence-electron chi connectivity index (χ0n) is 10.4. The van der Waals surface area contributed by atoms with Crippen molar-refractivity contribution in [3.63, 3.8) is 0 Å². The maximum absolute atomic E-state index is 11.2. The number of thioether (sulfide) groups is 1. The van der Waals surface area contributed by atoms with Crippen molar-refractivity contribution >= 4 is 23.4 Å². The zero-order chi connectivity index (χ0) is 13.8. The number of nitro groups is 1. The molecule has 0 bridgehead atoms.